The van der Waals surface area contributed by atoms with E-state index in [9.17, 15) is 4.39 Å². The molecule has 1 aromatic rings. The molecule has 112 valence electrons. The lowest BCUT2D eigenvalue weighted by Gasteiger charge is -2.38. The lowest BCUT2D eigenvalue weighted by Crippen LogP contribution is -2.49. The summed E-state index contributed by atoms with van der Waals surface area (Å²) in [6, 6.07) is 3.27. The predicted molar refractivity (Wildman–Crippen MR) is 82.5 cm³/mol. The van der Waals surface area contributed by atoms with Gasteiger partial charge in [0.25, 0.3) is 0 Å². The maximum Gasteiger partial charge on any atom is 0.147 e. The molecule has 0 amide bonds. The van der Waals surface area contributed by atoms with Crippen LogP contribution in [-0.4, -0.2) is 36.7 Å². The number of morpholine rings is 1. The van der Waals surface area contributed by atoms with Gasteiger partial charge in [0.15, 0.2) is 0 Å². The van der Waals surface area contributed by atoms with Gasteiger partial charge in [0.1, 0.15) is 5.82 Å². The topological polar surface area (TPSA) is 38.5 Å². The summed E-state index contributed by atoms with van der Waals surface area (Å²) in [5, 5.41) is 0.0643. The predicted octanol–water partition coefficient (Wildman–Crippen LogP) is 3.35. The summed E-state index contributed by atoms with van der Waals surface area (Å²) in [6.45, 7) is 6.45. The summed E-state index contributed by atoms with van der Waals surface area (Å²) in [6.07, 6.45) is -0.224. The van der Waals surface area contributed by atoms with Gasteiger partial charge in [-0.25, -0.2) is 4.39 Å². The number of nitrogens with two attached hydrogens (primary N) is 1. The first-order valence-electron chi connectivity index (χ1n) is 6.66. The van der Waals surface area contributed by atoms with Crippen LogP contribution in [0.3, 0.4) is 0 Å². The zero-order valence-corrected chi connectivity index (χ0v) is 13.9. The number of nitrogens with zero attached hydrogens (tertiary/aromatic N) is 1. The first-order chi connectivity index (χ1) is 9.41. The van der Waals surface area contributed by atoms with Gasteiger partial charge in [0.2, 0.25) is 0 Å². The van der Waals surface area contributed by atoms with Crippen molar-refractivity contribution >= 4 is 27.5 Å². The quantitative estimate of drug-likeness (QED) is 0.835. The highest BCUT2D eigenvalue weighted by Gasteiger charge is 2.30. The minimum atomic E-state index is -0.526. The Morgan fingerprint density at radius 1 is 1.50 bits per heavy atom. The van der Waals surface area contributed by atoms with Crippen LogP contribution in [0.5, 0.6) is 0 Å². The summed E-state index contributed by atoms with van der Waals surface area (Å²) in [4.78, 5) is 2.28. The van der Waals surface area contributed by atoms with E-state index in [-0.39, 0.29) is 11.1 Å². The summed E-state index contributed by atoms with van der Waals surface area (Å²) < 4.78 is 20.5. The molecular weight excluding hydrogens is 347 g/mol. The average Bonchev–Trinajstić information content (AvgIpc) is 2.44. The van der Waals surface area contributed by atoms with Crippen LogP contribution in [0.4, 0.5) is 4.39 Å². The molecule has 0 bridgehead atoms. The molecule has 0 saturated carbocycles. The maximum absolute atomic E-state index is 14.2. The molecule has 2 atom stereocenters. The SMILES string of the molecule is CC(C)N1CCOC(C(N)c2ccc(Br)c(Cl)c2F)C1. The number of halogens is 3. The van der Waals surface area contributed by atoms with E-state index in [1.54, 1.807) is 12.1 Å². The largest absolute Gasteiger partial charge is 0.374 e. The molecule has 0 aromatic heterocycles. The fraction of sp³-hybridized carbons (Fsp3) is 0.571. The van der Waals surface area contributed by atoms with Gasteiger partial charge in [-0.05, 0) is 35.8 Å². The van der Waals surface area contributed by atoms with Crippen LogP contribution in [0.1, 0.15) is 25.5 Å². The summed E-state index contributed by atoms with van der Waals surface area (Å²) in [5.41, 5.74) is 6.58. The number of rotatable bonds is 3. The molecule has 1 aliphatic heterocycles. The second kappa shape index (κ2) is 6.71. The molecule has 20 heavy (non-hydrogen) atoms. The van der Waals surface area contributed by atoms with E-state index in [2.05, 4.69) is 34.7 Å². The lowest BCUT2D eigenvalue weighted by molar-refractivity contribution is -0.0506. The second-order valence-electron chi connectivity index (χ2n) is 5.29. The average molecular weight is 366 g/mol. The van der Waals surface area contributed by atoms with Crippen molar-refractivity contribution in [2.24, 2.45) is 5.73 Å². The van der Waals surface area contributed by atoms with E-state index in [1.165, 1.54) is 0 Å². The third kappa shape index (κ3) is 3.34. The van der Waals surface area contributed by atoms with Crippen molar-refractivity contribution in [1.82, 2.24) is 4.90 Å². The highest BCUT2D eigenvalue weighted by molar-refractivity contribution is 9.10. The third-order valence-corrected chi connectivity index (χ3v) is 4.94. The van der Waals surface area contributed by atoms with Crippen LogP contribution in [0.2, 0.25) is 5.02 Å². The van der Waals surface area contributed by atoms with Crippen molar-refractivity contribution < 1.29 is 9.13 Å². The third-order valence-electron chi connectivity index (χ3n) is 3.68. The van der Waals surface area contributed by atoms with Crippen LogP contribution in [0, 0.1) is 5.82 Å². The minimum Gasteiger partial charge on any atom is -0.374 e. The highest BCUT2D eigenvalue weighted by atomic mass is 79.9. The Morgan fingerprint density at radius 2 is 2.20 bits per heavy atom. The standard InChI is InChI=1S/C14H19BrClFN2O/c1-8(2)19-5-6-20-11(7-19)14(18)9-3-4-10(15)12(16)13(9)17/h3-4,8,11,14H,5-7,18H2,1-2H3. The normalized spacial score (nSPS) is 22.2. The van der Waals surface area contributed by atoms with E-state index in [0.717, 1.165) is 6.54 Å². The van der Waals surface area contributed by atoms with Gasteiger partial charge in [-0.3, -0.25) is 4.90 Å². The van der Waals surface area contributed by atoms with Crippen molar-refractivity contribution in [1.29, 1.82) is 0 Å². The van der Waals surface area contributed by atoms with Crippen molar-refractivity contribution in [3.8, 4) is 0 Å². The van der Waals surface area contributed by atoms with Crippen LogP contribution in [0.25, 0.3) is 0 Å². The molecule has 2 N–H and O–H groups in total. The Balaban J connectivity index is 2.19. The fourth-order valence-electron chi connectivity index (χ4n) is 2.38. The summed E-state index contributed by atoms with van der Waals surface area (Å²) in [5.74, 6) is -0.473. The summed E-state index contributed by atoms with van der Waals surface area (Å²) >= 11 is 9.12. The van der Waals surface area contributed by atoms with Crippen LogP contribution >= 0.6 is 27.5 Å². The second-order valence-corrected chi connectivity index (χ2v) is 6.52. The van der Waals surface area contributed by atoms with Crippen LogP contribution in [-0.2, 0) is 4.74 Å². The molecule has 1 aromatic carbocycles. The van der Waals surface area contributed by atoms with Gasteiger partial charge in [-0.15, -0.1) is 0 Å². The molecule has 2 rings (SSSR count). The smallest absolute Gasteiger partial charge is 0.147 e. The van der Waals surface area contributed by atoms with E-state index in [0.29, 0.717) is 29.2 Å². The van der Waals surface area contributed by atoms with Crippen molar-refractivity contribution in [3.63, 3.8) is 0 Å². The van der Waals surface area contributed by atoms with Crippen LogP contribution < -0.4 is 5.73 Å². The number of hydrogen-bond donors (Lipinski definition) is 1. The van der Waals surface area contributed by atoms with Gasteiger partial charge < -0.3 is 10.5 Å². The molecule has 2 unspecified atom stereocenters. The van der Waals surface area contributed by atoms with E-state index < -0.39 is 11.9 Å². The van der Waals surface area contributed by atoms with Gasteiger partial charge in [0.05, 0.1) is 23.8 Å². The zero-order chi connectivity index (χ0) is 14.9. The number of ether oxygens (including phenoxy) is 1. The van der Waals surface area contributed by atoms with Gasteiger partial charge in [0, 0.05) is 29.2 Å². The van der Waals surface area contributed by atoms with Gasteiger partial charge in [-0.2, -0.15) is 0 Å². The molecule has 3 nitrogen and oxygen atoms in total. The Bertz CT molecular complexity index is 486. The Kier molecular flexibility index (Phi) is 5.42. The molecule has 0 aliphatic carbocycles. The van der Waals surface area contributed by atoms with Crippen molar-refractivity contribution in [3.05, 3.63) is 33.0 Å². The molecule has 0 spiro atoms. The van der Waals surface area contributed by atoms with E-state index in [1.807, 2.05) is 0 Å². The number of hydrogen-bond acceptors (Lipinski definition) is 3. The Labute approximate surface area is 132 Å². The highest BCUT2D eigenvalue weighted by Crippen LogP contribution is 2.32. The van der Waals surface area contributed by atoms with Crippen LogP contribution in [0.15, 0.2) is 16.6 Å². The number of benzene rings is 1. The first kappa shape index (κ1) is 16.2. The van der Waals surface area contributed by atoms with Gasteiger partial charge in [-0.1, -0.05) is 17.7 Å². The fourth-order valence-corrected chi connectivity index (χ4v) is 2.86. The molecule has 1 aliphatic rings. The van der Waals surface area contributed by atoms with Crippen molar-refractivity contribution in [2.45, 2.75) is 32.0 Å². The molecule has 6 heteroatoms. The molecule has 1 saturated heterocycles. The Morgan fingerprint density at radius 3 is 2.85 bits per heavy atom. The maximum atomic E-state index is 14.2. The van der Waals surface area contributed by atoms with Crippen molar-refractivity contribution in [2.75, 3.05) is 19.7 Å². The minimum absolute atomic E-state index is 0.0643. The molecule has 0 radical (unpaired) electrons. The Hall–Kier alpha value is -0.200. The van der Waals surface area contributed by atoms with Gasteiger partial charge >= 0.3 is 0 Å². The summed E-state index contributed by atoms with van der Waals surface area (Å²) in [7, 11) is 0. The van der Waals surface area contributed by atoms with E-state index >= 15 is 0 Å². The lowest BCUT2D eigenvalue weighted by atomic mass is 10.00. The molecule has 1 heterocycles. The molecule has 1 fully saturated rings. The monoisotopic (exact) mass is 364 g/mol. The first-order valence-corrected chi connectivity index (χ1v) is 7.83. The molecular formula is C14H19BrClFN2O. The van der Waals surface area contributed by atoms with E-state index in [4.69, 9.17) is 22.1 Å². The zero-order valence-electron chi connectivity index (χ0n) is 11.6.